The van der Waals surface area contributed by atoms with Crippen molar-refractivity contribution in [3.8, 4) is 0 Å². The topological polar surface area (TPSA) is 47.1 Å². The number of hydrogen-bond acceptors (Lipinski definition) is 3. The van der Waals surface area contributed by atoms with E-state index in [0.717, 1.165) is 25.9 Å². The SMILES string of the molecule is CCCN(Cc1ccn(C2CCCC2)n1)C(C)(CC)CN. The predicted octanol–water partition coefficient (Wildman–Crippen LogP) is 3.34. The first kappa shape index (κ1) is 16.5. The highest BCUT2D eigenvalue weighted by atomic mass is 15.3. The van der Waals surface area contributed by atoms with Crippen LogP contribution in [0.3, 0.4) is 0 Å². The summed E-state index contributed by atoms with van der Waals surface area (Å²) in [7, 11) is 0. The molecule has 0 spiro atoms. The average molecular weight is 292 g/mol. The first-order chi connectivity index (χ1) is 10.1. The van der Waals surface area contributed by atoms with Crippen LogP contribution in [0.4, 0.5) is 0 Å². The Hall–Kier alpha value is -0.870. The van der Waals surface area contributed by atoms with E-state index in [1.54, 1.807) is 0 Å². The van der Waals surface area contributed by atoms with E-state index in [1.165, 1.54) is 31.4 Å². The van der Waals surface area contributed by atoms with Crippen molar-refractivity contribution in [2.75, 3.05) is 13.1 Å². The highest BCUT2D eigenvalue weighted by molar-refractivity contribution is 5.02. The van der Waals surface area contributed by atoms with Crippen molar-refractivity contribution in [2.45, 2.75) is 77.4 Å². The van der Waals surface area contributed by atoms with Crippen LogP contribution in [-0.2, 0) is 6.54 Å². The van der Waals surface area contributed by atoms with Crippen LogP contribution in [-0.4, -0.2) is 33.3 Å². The normalized spacial score (nSPS) is 19.3. The van der Waals surface area contributed by atoms with Gasteiger partial charge in [0.2, 0.25) is 0 Å². The Bertz CT molecular complexity index is 416. The van der Waals surface area contributed by atoms with Gasteiger partial charge in [0.05, 0.1) is 11.7 Å². The third kappa shape index (κ3) is 3.86. The third-order valence-corrected chi connectivity index (χ3v) is 5.17. The minimum Gasteiger partial charge on any atom is -0.329 e. The molecule has 1 aliphatic carbocycles. The molecule has 1 aliphatic rings. The molecule has 2 N–H and O–H groups in total. The summed E-state index contributed by atoms with van der Waals surface area (Å²) in [5, 5.41) is 4.83. The maximum Gasteiger partial charge on any atom is 0.0765 e. The highest BCUT2D eigenvalue weighted by Crippen LogP contribution is 2.29. The van der Waals surface area contributed by atoms with Crippen molar-refractivity contribution >= 4 is 0 Å². The van der Waals surface area contributed by atoms with E-state index in [-0.39, 0.29) is 5.54 Å². The smallest absolute Gasteiger partial charge is 0.0765 e. The first-order valence-electron chi connectivity index (χ1n) is 8.62. The van der Waals surface area contributed by atoms with Gasteiger partial charge in [0.25, 0.3) is 0 Å². The fraction of sp³-hybridized carbons (Fsp3) is 0.824. The largest absolute Gasteiger partial charge is 0.329 e. The van der Waals surface area contributed by atoms with Crippen LogP contribution >= 0.6 is 0 Å². The fourth-order valence-electron chi connectivity index (χ4n) is 3.34. The van der Waals surface area contributed by atoms with Crippen LogP contribution in [0, 0.1) is 0 Å². The molecule has 1 atom stereocenters. The average Bonchev–Trinajstić information content (AvgIpc) is 3.16. The molecule has 4 nitrogen and oxygen atoms in total. The Morgan fingerprint density at radius 3 is 2.67 bits per heavy atom. The van der Waals surface area contributed by atoms with Crippen LogP contribution in [0.25, 0.3) is 0 Å². The predicted molar refractivity (Wildman–Crippen MR) is 88.2 cm³/mol. The van der Waals surface area contributed by atoms with E-state index in [9.17, 15) is 0 Å². The molecule has 2 rings (SSSR count). The van der Waals surface area contributed by atoms with Crippen molar-refractivity contribution in [1.29, 1.82) is 0 Å². The Morgan fingerprint density at radius 1 is 1.38 bits per heavy atom. The molecular weight excluding hydrogens is 260 g/mol. The molecule has 1 unspecified atom stereocenters. The number of nitrogens with two attached hydrogens (primary N) is 1. The second-order valence-electron chi connectivity index (χ2n) is 6.70. The molecule has 1 aromatic heterocycles. The van der Waals surface area contributed by atoms with Gasteiger partial charge in [0, 0.05) is 24.8 Å². The maximum absolute atomic E-state index is 6.04. The number of rotatable bonds is 8. The van der Waals surface area contributed by atoms with Crippen LogP contribution in [0.5, 0.6) is 0 Å². The summed E-state index contributed by atoms with van der Waals surface area (Å²) >= 11 is 0. The monoisotopic (exact) mass is 292 g/mol. The molecule has 1 aromatic rings. The summed E-state index contributed by atoms with van der Waals surface area (Å²) in [4.78, 5) is 2.51. The quantitative estimate of drug-likeness (QED) is 0.799. The summed E-state index contributed by atoms with van der Waals surface area (Å²) in [6.45, 7) is 9.43. The zero-order chi connectivity index (χ0) is 15.3. The molecule has 0 amide bonds. The summed E-state index contributed by atoms with van der Waals surface area (Å²) in [5.74, 6) is 0. The first-order valence-corrected chi connectivity index (χ1v) is 8.62. The lowest BCUT2D eigenvalue weighted by molar-refractivity contribution is 0.0954. The zero-order valence-electron chi connectivity index (χ0n) is 14.0. The molecule has 21 heavy (non-hydrogen) atoms. The fourth-order valence-corrected chi connectivity index (χ4v) is 3.34. The van der Waals surface area contributed by atoms with Gasteiger partial charge >= 0.3 is 0 Å². The Balaban J connectivity index is 2.06. The van der Waals surface area contributed by atoms with Crippen LogP contribution < -0.4 is 5.73 Å². The lowest BCUT2D eigenvalue weighted by Crippen LogP contribution is -2.51. The Morgan fingerprint density at radius 2 is 2.10 bits per heavy atom. The summed E-state index contributed by atoms with van der Waals surface area (Å²) < 4.78 is 2.19. The van der Waals surface area contributed by atoms with Gasteiger partial charge in [0.15, 0.2) is 0 Å². The summed E-state index contributed by atoms with van der Waals surface area (Å²) in [6, 6.07) is 2.82. The zero-order valence-corrected chi connectivity index (χ0v) is 14.0. The number of hydrogen-bond donors (Lipinski definition) is 1. The van der Waals surface area contributed by atoms with E-state index >= 15 is 0 Å². The van der Waals surface area contributed by atoms with Gasteiger partial charge in [-0.2, -0.15) is 5.10 Å². The summed E-state index contributed by atoms with van der Waals surface area (Å²) in [6.07, 6.45) is 9.67. The standard InChI is InChI=1S/C17H32N4/c1-4-11-20(17(3,5-2)14-18)13-15-10-12-21(19-15)16-8-6-7-9-16/h10,12,16H,4-9,11,13-14,18H2,1-3H3. The van der Waals surface area contributed by atoms with E-state index < -0.39 is 0 Å². The van der Waals surface area contributed by atoms with Gasteiger partial charge in [-0.25, -0.2) is 0 Å². The number of nitrogens with zero attached hydrogens (tertiary/aromatic N) is 3. The summed E-state index contributed by atoms with van der Waals surface area (Å²) in [5.41, 5.74) is 7.30. The molecule has 0 bridgehead atoms. The molecule has 120 valence electrons. The molecule has 1 heterocycles. The molecule has 0 aromatic carbocycles. The van der Waals surface area contributed by atoms with Gasteiger partial charge in [0.1, 0.15) is 0 Å². The molecule has 0 saturated heterocycles. The second kappa shape index (κ2) is 7.41. The Kier molecular flexibility index (Phi) is 5.82. The van der Waals surface area contributed by atoms with Gasteiger partial charge in [-0.3, -0.25) is 9.58 Å². The van der Waals surface area contributed by atoms with Gasteiger partial charge in [-0.1, -0.05) is 26.7 Å². The number of aromatic nitrogens is 2. The van der Waals surface area contributed by atoms with Crippen molar-refractivity contribution in [3.05, 3.63) is 18.0 Å². The lowest BCUT2D eigenvalue weighted by atomic mass is 9.96. The Labute approximate surface area is 129 Å². The van der Waals surface area contributed by atoms with Crippen LogP contribution in [0.15, 0.2) is 12.3 Å². The van der Waals surface area contributed by atoms with E-state index in [0.29, 0.717) is 12.6 Å². The van der Waals surface area contributed by atoms with Crippen molar-refractivity contribution in [2.24, 2.45) is 5.73 Å². The molecule has 1 saturated carbocycles. The lowest BCUT2D eigenvalue weighted by Gasteiger charge is -2.39. The van der Waals surface area contributed by atoms with E-state index in [2.05, 4.69) is 42.6 Å². The van der Waals surface area contributed by atoms with Gasteiger partial charge in [-0.15, -0.1) is 0 Å². The van der Waals surface area contributed by atoms with Gasteiger partial charge < -0.3 is 5.73 Å². The van der Waals surface area contributed by atoms with Crippen molar-refractivity contribution in [1.82, 2.24) is 14.7 Å². The molecule has 1 fully saturated rings. The molecule has 0 radical (unpaired) electrons. The van der Waals surface area contributed by atoms with Crippen molar-refractivity contribution in [3.63, 3.8) is 0 Å². The van der Waals surface area contributed by atoms with E-state index in [4.69, 9.17) is 10.8 Å². The van der Waals surface area contributed by atoms with Gasteiger partial charge in [-0.05, 0) is 45.2 Å². The highest BCUT2D eigenvalue weighted by Gasteiger charge is 2.28. The second-order valence-corrected chi connectivity index (χ2v) is 6.70. The van der Waals surface area contributed by atoms with Crippen LogP contribution in [0.1, 0.15) is 71.0 Å². The van der Waals surface area contributed by atoms with E-state index in [1.807, 2.05) is 0 Å². The third-order valence-electron chi connectivity index (χ3n) is 5.17. The maximum atomic E-state index is 6.04. The minimum absolute atomic E-state index is 0.0765. The molecule has 0 aliphatic heterocycles. The van der Waals surface area contributed by atoms with Crippen LogP contribution in [0.2, 0.25) is 0 Å². The van der Waals surface area contributed by atoms with Crippen molar-refractivity contribution < 1.29 is 0 Å². The molecule has 4 heteroatoms. The minimum atomic E-state index is 0.0765. The molecular formula is C17H32N4.